The van der Waals surface area contributed by atoms with Crippen molar-refractivity contribution in [2.45, 2.75) is 40.2 Å². The van der Waals surface area contributed by atoms with Crippen molar-refractivity contribution in [1.82, 2.24) is 5.32 Å². The van der Waals surface area contributed by atoms with Gasteiger partial charge in [0, 0.05) is 25.7 Å². The zero-order valence-corrected chi connectivity index (χ0v) is 16.5. The molecule has 0 saturated heterocycles. The lowest BCUT2D eigenvalue weighted by atomic mass is 10.1. The maximum Gasteiger partial charge on any atom is 0.224 e. The first-order valence-corrected chi connectivity index (χ1v) is 9.22. The minimum Gasteiger partial charge on any atom is -0.491 e. The highest BCUT2D eigenvalue weighted by Crippen LogP contribution is 2.20. The van der Waals surface area contributed by atoms with Crippen LogP contribution in [-0.2, 0) is 16.0 Å². The summed E-state index contributed by atoms with van der Waals surface area (Å²) in [6.07, 6.45) is 0.437. The zero-order valence-electron chi connectivity index (χ0n) is 16.5. The van der Waals surface area contributed by atoms with Crippen molar-refractivity contribution in [3.8, 4) is 5.75 Å². The van der Waals surface area contributed by atoms with Gasteiger partial charge in [-0.05, 0) is 50.6 Å². The summed E-state index contributed by atoms with van der Waals surface area (Å²) in [4.78, 5) is 25.8. The number of rotatable bonds is 8. The SMILES string of the molecule is CC(=O)N(CCNC(=O)Cc1cccc(C)c1)c1ccc(OC(C)C)cc1. The zero-order chi connectivity index (χ0) is 19.8. The fourth-order valence-corrected chi connectivity index (χ4v) is 2.82. The van der Waals surface area contributed by atoms with Crippen molar-refractivity contribution in [3.63, 3.8) is 0 Å². The van der Waals surface area contributed by atoms with Crippen LogP contribution in [0.15, 0.2) is 48.5 Å². The van der Waals surface area contributed by atoms with Crippen LogP contribution in [-0.4, -0.2) is 31.0 Å². The number of benzene rings is 2. The number of anilines is 1. The summed E-state index contributed by atoms with van der Waals surface area (Å²) in [7, 11) is 0. The molecule has 144 valence electrons. The number of ether oxygens (including phenoxy) is 1. The smallest absolute Gasteiger partial charge is 0.224 e. The van der Waals surface area contributed by atoms with Crippen LogP contribution in [0.4, 0.5) is 5.69 Å². The predicted octanol–water partition coefficient (Wildman–Crippen LogP) is 3.49. The van der Waals surface area contributed by atoms with Crippen molar-refractivity contribution in [2.24, 2.45) is 0 Å². The van der Waals surface area contributed by atoms with Crippen LogP contribution in [0.2, 0.25) is 0 Å². The number of amides is 2. The summed E-state index contributed by atoms with van der Waals surface area (Å²) in [6, 6.07) is 15.3. The van der Waals surface area contributed by atoms with E-state index in [0.717, 1.165) is 22.6 Å². The Balaban J connectivity index is 1.89. The summed E-state index contributed by atoms with van der Waals surface area (Å²) >= 11 is 0. The number of nitrogens with one attached hydrogen (secondary N) is 1. The molecule has 0 aromatic heterocycles. The third-order valence-electron chi connectivity index (χ3n) is 4.01. The molecule has 5 nitrogen and oxygen atoms in total. The molecule has 0 radical (unpaired) electrons. The van der Waals surface area contributed by atoms with Gasteiger partial charge in [-0.25, -0.2) is 0 Å². The topological polar surface area (TPSA) is 58.6 Å². The van der Waals surface area contributed by atoms with Crippen molar-refractivity contribution in [3.05, 3.63) is 59.7 Å². The van der Waals surface area contributed by atoms with Gasteiger partial charge in [0.2, 0.25) is 11.8 Å². The molecule has 2 amide bonds. The van der Waals surface area contributed by atoms with E-state index in [9.17, 15) is 9.59 Å². The molecule has 0 fully saturated rings. The van der Waals surface area contributed by atoms with Crippen molar-refractivity contribution in [1.29, 1.82) is 0 Å². The van der Waals surface area contributed by atoms with Gasteiger partial charge in [0.15, 0.2) is 0 Å². The second-order valence-electron chi connectivity index (χ2n) is 6.85. The monoisotopic (exact) mass is 368 g/mol. The van der Waals surface area contributed by atoms with Crippen LogP contribution in [0.1, 0.15) is 31.9 Å². The minimum absolute atomic E-state index is 0.0511. The highest BCUT2D eigenvalue weighted by atomic mass is 16.5. The fraction of sp³-hybridized carbons (Fsp3) is 0.364. The third kappa shape index (κ3) is 6.77. The van der Waals surface area contributed by atoms with E-state index in [1.54, 1.807) is 4.90 Å². The van der Waals surface area contributed by atoms with Crippen LogP contribution < -0.4 is 15.0 Å². The summed E-state index contributed by atoms with van der Waals surface area (Å²) in [5.74, 6) is 0.647. The van der Waals surface area contributed by atoms with Gasteiger partial charge in [-0.2, -0.15) is 0 Å². The molecule has 0 saturated carbocycles. The number of hydrogen-bond donors (Lipinski definition) is 1. The Morgan fingerprint density at radius 3 is 2.41 bits per heavy atom. The molecular weight excluding hydrogens is 340 g/mol. The van der Waals surface area contributed by atoms with E-state index in [0.29, 0.717) is 19.5 Å². The van der Waals surface area contributed by atoms with Crippen LogP contribution in [0.3, 0.4) is 0 Å². The number of aryl methyl sites for hydroxylation is 1. The van der Waals surface area contributed by atoms with Crippen molar-refractivity contribution >= 4 is 17.5 Å². The quantitative estimate of drug-likeness (QED) is 0.776. The van der Waals surface area contributed by atoms with Crippen molar-refractivity contribution in [2.75, 3.05) is 18.0 Å². The maximum absolute atomic E-state index is 12.1. The minimum atomic E-state index is -0.0690. The first-order valence-electron chi connectivity index (χ1n) is 9.22. The van der Waals surface area contributed by atoms with Crippen LogP contribution in [0.25, 0.3) is 0 Å². The highest BCUT2D eigenvalue weighted by Gasteiger charge is 2.12. The number of hydrogen-bond acceptors (Lipinski definition) is 3. The van der Waals surface area contributed by atoms with Gasteiger partial charge >= 0.3 is 0 Å². The van der Waals surface area contributed by atoms with E-state index >= 15 is 0 Å². The number of nitrogens with zero attached hydrogens (tertiary/aromatic N) is 1. The average Bonchev–Trinajstić information content (AvgIpc) is 2.59. The van der Waals surface area contributed by atoms with E-state index in [2.05, 4.69) is 5.32 Å². The van der Waals surface area contributed by atoms with Gasteiger partial charge in [0.1, 0.15) is 5.75 Å². The molecule has 0 heterocycles. The van der Waals surface area contributed by atoms with Gasteiger partial charge < -0.3 is 15.0 Å². The summed E-state index contributed by atoms with van der Waals surface area (Å²) in [5, 5.41) is 2.89. The van der Waals surface area contributed by atoms with Crippen LogP contribution in [0.5, 0.6) is 5.75 Å². The Morgan fingerprint density at radius 2 is 1.81 bits per heavy atom. The molecule has 0 aliphatic heterocycles. The molecule has 2 aromatic carbocycles. The van der Waals surface area contributed by atoms with Crippen LogP contribution in [0, 0.1) is 6.92 Å². The van der Waals surface area contributed by atoms with E-state index in [-0.39, 0.29) is 17.9 Å². The Bertz CT molecular complexity index is 769. The van der Waals surface area contributed by atoms with Gasteiger partial charge in [0.25, 0.3) is 0 Å². The van der Waals surface area contributed by atoms with E-state index in [4.69, 9.17) is 4.74 Å². The average molecular weight is 368 g/mol. The molecular formula is C22H28N2O3. The Labute approximate surface area is 161 Å². The Hall–Kier alpha value is -2.82. The van der Waals surface area contributed by atoms with E-state index in [1.165, 1.54) is 6.92 Å². The second kappa shape index (κ2) is 9.76. The predicted molar refractivity (Wildman–Crippen MR) is 108 cm³/mol. The highest BCUT2D eigenvalue weighted by molar-refractivity contribution is 5.91. The molecule has 2 aromatic rings. The first-order chi connectivity index (χ1) is 12.8. The maximum atomic E-state index is 12.1. The van der Waals surface area contributed by atoms with Crippen molar-refractivity contribution < 1.29 is 14.3 Å². The lowest BCUT2D eigenvalue weighted by Gasteiger charge is -2.22. The molecule has 0 bridgehead atoms. The number of carbonyl (C=O) groups excluding carboxylic acids is 2. The molecule has 2 rings (SSSR count). The molecule has 1 N–H and O–H groups in total. The van der Waals surface area contributed by atoms with Gasteiger partial charge in [0.05, 0.1) is 12.5 Å². The molecule has 0 atom stereocenters. The summed E-state index contributed by atoms with van der Waals surface area (Å²) in [6.45, 7) is 8.27. The molecule has 0 spiro atoms. The lowest BCUT2D eigenvalue weighted by Crippen LogP contribution is -2.38. The van der Waals surface area contributed by atoms with Gasteiger partial charge in [-0.3, -0.25) is 9.59 Å². The summed E-state index contributed by atoms with van der Waals surface area (Å²) < 4.78 is 5.63. The Kier molecular flexibility index (Phi) is 7.41. The molecule has 27 heavy (non-hydrogen) atoms. The van der Waals surface area contributed by atoms with Crippen LogP contribution >= 0.6 is 0 Å². The van der Waals surface area contributed by atoms with Gasteiger partial charge in [-0.1, -0.05) is 29.8 Å². The van der Waals surface area contributed by atoms with E-state index in [1.807, 2.05) is 69.3 Å². The normalized spacial score (nSPS) is 10.6. The first kappa shape index (κ1) is 20.5. The largest absolute Gasteiger partial charge is 0.491 e. The molecule has 5 heteroatoms. The lowest BCUT2D eigenvalue weighted by molar-refractivity contribution is -0.121. The standard InChI is InChI=1S/C22H28N2O3/c1-16(2)27-21-10-8-20(9-11-21)24(18(4)25)13-12-23-22(26)15-19-7-5-6-17(3)14-19/h5-11,14,16H,12-13,15H2,1-4H3,(H,23,26). The fourth-order valence-electron chi connectivity index (χ4n) is 2.82. The molecule has 0 aliphatic carbocycles. The van der Waals surface area contributed by atoms with E-state index < -0.39 is 0 Å². The molecule has 0 aliphatic rings. The second-order valence-corrected chi connectivity index (χ2v) is 6.85. The Morgan fingerprint density at radius 1 is 1.11 bits per heavy atom. The third-order valence-corrected chi connectivity index (χ3v) is 4.01. The number of carbonyl (C=O) groups is 2. The molecule has 0 unspecified atom stereocenters. The summed E-state index contributed by atoms with van der Waals surface area (Å²) in [5.41, 5.74) is 2.90. The van der Waals surface area contributed by atoms with Gasteiger partial charge in [-0.15, -0.1) is 0 Å².